The topological polar surface area (TPSA) is 72.8 Å². The van der Waals surface area contributed by atoms with Crippen LogP contribution < -0.4 is 0 Å². The molecule has 86 valence electrons. The molecule has 2 atom stereocenters. The van der Waals surface area contributed by atoms with Gasteiger partial charge in [-0.3, -0.25) is 4.79 Å². The minimum absolute atomic E-state index is 0.220. The Morgan fingerprint density at radius 2 is 2.33 bits per heavy atom. The summed E-state index contributed by atoms with van der Waals surface area (Å²) in [5.41, 5.74) is -1.81. The van der Waals surface area contributed by atoms with Crippen LogP contribution in [0.3, 0.4) is 0 Å². The van der Waals surface area contributed by atoms with Crippen molar-refractivity contribution < 1.29 is 24.2 Å². The normalized spacial score (nSPS) is 30.5. The third-order valence-electron chi connectivity index (χ3n) is 2.44. The van der Waals surface area contributed by atoms with Crippen LogP contribution >= 0.6 is 0 Å². The second kappa shape index (κ2) is 4.18. The highest BCUT2D eigenvalue weighted by molar-refractivity contribution is 5.89. The molecule has 1 fully saturated rings. The number of cyclic esters (lactones) is 1. The third-order valence-corrected chi connectivity index (χ3v) is 2.44. The molecule has 0 aromatic rings. The van der Waals surface area contributed by atoms with Gasteiger partial charge in [-0.1, -0.05) is 13.8 Å². The van der Waals surface area contributed by atoms with Gasteiger partial charge in [-0.15, -0.1) is 0 Å². The van der Waals surface area contributed by atoms with E-state index in [0.29, 0.717) is 6.42 Å². The first-order valence-corrected chi connectivity index (χ1v) is 4.90. The van der Waals surface area contributed by atoms with E-state index in [1.165, 1.54) is 7.11 Å². The van der Waals surface area contributed by atoms with Crippen LogP contribution in [0.1, 0.15) is 26.7 Å². The van der Waals surface area contributed by atoms with Crippen LogP contribution in [0, 0.1) is 5.92 Å². The van der Waals surface area contributed by atoms with Gasteiger partial charge in [-0.25, -0.2) is 4.79 Å². The molecule has 1 aliphatic heterocycles. The van der Waals surface area contributed by atoms with Crippen LogP contribution in [0.2, 0.25) is 0 Å². The molecule has 1 aliphatic rings. The minimum Gasteiger partial charge on any atom is -0.467 e. The van der Waals surface area contributed by atoms with E-state index < -0.39 is 23.6 Å². The van der Waals surface area contributed by atoms with Crippen molar-refractivity contribution in [1.82, 2.24) is 0 Å². The van der Waals surface area contributed by atoms with E-state index in [2.05, 4.69) is 4.74 Å². The first-order chi connectivity index (χ1) is 6.90. The Morgan fingerprint density at radius 3 is 2.80 bits per heavy atom. The number of carbonyl (C=O) groups excluding carboxylic acids is 2. The Balaban J connectivity index is 2.84. The highest BCUT2D eigenvalue weighted by Crippen LogP contribution is 2.32. The summed E-state index contributed by atoms with van der Waals surface area (Å²) in [6, 6.07) is 0. The van der Waals surface area contributed by atoms with Gasteiger partial charge in [0.15, 0.2) is 0 Å². The van der Waals surface area contributed by atoms with E-state index in [9.17, 15) is 14.7 Å². The molecular formula is C10H16O5. The van der Waals surface area contributed by atoms with Crippen molar-refractivity contribution in [3.05, 3.63) is 0 Å². The lowest BCUT2D eigenvalue weighted by atomic mass is 9.90. The van der Waals surface area contributed by atoms with Gasteiger partial charge in [0.05, 0.1) is 13.5 Å². The highest BCUT2D eigenvalue weighted by atomic mass is 16.6. The number of rotatable bonds is 3. The Hall–Kier alpha value is -1.10. The molecule has 0 aliphatic carbocycles. The first-order valence-electron chi connectivity index (χ1n) is 4.90. The van der Waals surface area contributed by atoms with Crippen LogP contribution in [-0.2, 0) is 19.1 Å². The fourth-order valence-electron chi connectivity index (χ4n) is 1.68. The molecule has 1 rings (SSSR count). The van der Waals surface area contributed by atoms with Gasteiger partial charge in [-0.2, -0.15) is 0 Å². The zero-order valence-electron chi connectivity index (χ0n) is 9.15. The van der Waals surface area contributed by atoms with Gasteiger partial charge in [0.1, 0.15) is 6.10 Å². The second-order valence-corrected chi connectivity index (χ2v) is 4.20. The molecule has 5 nitrogen and oxygen atoms in total. The monoisotopic (exact) mass is 216 g/mol. The van der Waals surface area contributed by atoms with E-state index in [0.717, 1.165) is 0 Å². The molecule has 0 bridgehead atoms. The molecule has 0 aromatic heterocycles. The molecule has 15 heavy (non-hydrogen) atoms. The van der Waals surface area contributed by atoms with Crippen molar-refractivity contribution >= 4 is 11.9 Å². The van der Waals surface area contributed by atoms with Crippen LogP contribution in [0.25, 0.3) is 0 Å². The van der Waals surface area contributed by atoms with Crippen molar-refractivity contribution in [2.75, 3.05) is 7.11 Å². The lowest BCUT2D eigenvalue weighted by molar-refractivity contribution is -0.169. The van der Waals surface area contributed by atoms with E-state index in [1.807, 2.05) is 13.8 Å². The lowest BCUT2D eigenvalue weighted by Crippen LogP contribution is -2.47. The maximum atomic E-state index is 11.4. The Labute approximate surface area is 88.4 Å². The number of aliphatic hydroxyl groups is 1. The predicted octanol–water partition coefficient (Wildman–Crippen LogP) is 0.252. The SMILES string of the molecule is COC(=O)[C@]1(O)CC(=O)O[C@@H]1CC(C)C. The maximum Gasteiger partial charge on any atom is 0.342 e. The van der Waals surface area contributed by atoms with Crippen LogP contribution in [-0.4, -0.2) is 35.9 Å². The fourth-order valence-corrected chi connectivity index (χ4v) is 1.68. The van der Waals surface area contributed by atoms with Gasteiger partial charge in [0.25, 0.3) is 0 Å². The molecule has 1 N–H and O–H groups in total. The summed E-state index contributed by atoms with van der Waals surface area (Å²) in [7, 11) is 1.18. The zero-order valence-corrected chi connectivity index (χ0v) is 9.15. The average Bonchev–Trinajstić information content (AvgIpc) is 2.40. The van der Waals surface area contributed by atoms with E-state index in [-0.39, 0.29) is 12.3 Å². The van der Waals surface area contributed by atoms with Crippen molar-refractivity contribution in [2.24, 2.45) is 5.92 Å². The average molecular weight is 216 g/mol. The molecule has 0 spiro atoms. The van der Waals surface area contributed by atoms with Gasteiger partial charge >= 0.3 is 11.9 Å². The van der Waals surface area contributed by atoms with Gasteiger partial charge in [-0.05, 0) is 12.3 Å². The molecule has 0 unspecified atom stereocenters. The number of methoxy groups -OCH3 is 1. The van der Waals surface area contributed by atoms with Gasteiger partial charge in [0, 0.05) is 0 Å². The maximum absolute atomic E-state index is 11.4. The number of hydrogen-bond acceptors (Lipinski definition) is 5. The standard InChI is InChI=1S/C10H16O5/c1-6(2)4-7-10(13,9(12)14-3)5-8(11)15-7/h6-7,13H,4-5H2,1-3H3/t7-,10+/m1/s1. The molecule has 1 heterocycles. The summed E-state index contributed by atoms with van der Waals surface area (Å²) in [4.78, 5) is 22.4. The Bertz CT molecular complexity index is 273. The van der Waals surface area contributed by atoms with E-state index in [4.69, 9.17) is 4.74 Å². The summed E-state index contributed by atoms with van der Waals surface area (Å²) >= 11 is 0. The highest BCUT2D eigenvalue weighted by Gasteiger charge is 2.54. The summed E-state index contributed by atoms with van der Waals surface area (Å²) in [5, 5.41) is 10.0. The summed E-state index contributed by atoms with van der Waals surface area (Å²) < 4.78 is 9.40. The minimum atomic E-state index is -1.81. The molecule has 5 heteroatoms. The molecular weight excluding hydrogens is 200 g/mol. The second-order valence-electron chi connectivity index (χ2n) is 4.20. The number of hydrogen-bond donors (Lipinski definition) is 1. The third kappa shape index (κ3) is 2.28. The van der Waals surface area contributed by atoms with Gasteiger partial charge in [0.2, 0.25) is 5.60 Å². The van der Waals surface area contributed by atoms with Crippen molar-refractivity contribution in [3.63, 3.8) is 0 Å². The summed E-state index contributed by atoms with van der Waals surface area (Å²) in [5.74, 6) is -1.15. The van der Waals surface area contributed by atoms with Gasteiger partial charge < -0.3 is 14.6 Å². The van der Waals surface area contributed by atoms with Crippen LogP contribution in [0.15, 0.2) is 0 Å². The molecule has 1 saturated heterocycles. The predicted molar refractivity (Wildman–Crippen MR) is 50.9 cm³/mol. The molecule has 0 saturated carbocycles. The molecule has 0 radical (unpaired) electrons. The van der Waals surface area contributed by atoms with Crippen molar-refractivity contribution in [2.45, 2.75) is 38.4 Å². The Kier molecular flexibility index (Phi) is 3.34. The summed E-state index contributed by atoms with van der Waals surface area (Å²) in [6.45, 7) is 3.84. The van der Waals surface area contributed by atoms with Crippen molar-refractivity contribution in [3.8, 4) is 0 Å². The van der Waals surface area contributed by atoms with Crippen LogP contribution in [0.4, 0.5) is 0 Å². The van der Waals surface area contributed by atoms with E-state index >= 15 is 0 Å². The van der Waals surface area contributed by atoms with E-state index in [1.54, 1.807) is 0 Å². The lowest BCUT2D eigenvalue weighted by Gasteiger charge is -2.25. The first kappa shape index (κ1) is 12.0. The number of ether oxygens (including phenoxy) is 2. The fraction of sp³-hybridized carbons (Fsp3) is 0.800. The van der Waals surface area contributed by atoms with Crippen molar-refractivity contribution in [1.29, 1.82) is 0 Å². The number of carbonyl (C=O) groups is 2. The summed E-state index contributed by atoms with van der Waals surface area (Å²) in [6.07, 6.45) is -0.675. The molecule has 0 aromatic carbocycles. The van der Waals surface area contributed by atoms with Crippen LogP contribution in [0.5, 0.6) is 0 Å². The largest absolute Gasteiger partial charge is 0.467 e. The smallest absolute Gasteiger partial charge is 0.342 e. The quantitative estimate of drug-likeness (QED) is 0.685. The zero-order chi connectivity index (χ0) is 11.6. The number of esters is 2. The Morgan fingerprint density at radius 1 is 1.73 bits per heavy atom. The molecule has 0 amide bonds.